The highest BCUT2D eigenvalue weighted by Gasteiger charge is 2.25. The van der Waals surface area contributed by atoms with Gasteiger partial charge in [-0.25, -0.2) is 0 Å². The number of nitrogen functional groups attached to an aromatic ring is 1. The van der Waals surface area contributed by atoms with Crippen LogP contribution >= 0.6 is 25.0 Å². The molecule has 0 fully saturated rings. The fourth-order valence-electron chi connectivity index (χ4n) is 2.30. The molecule has 0 aliphatic rings. The van der Waals surface area contributed by atoms with Gasteiger partial charge in [0, 0.05) is 17.0 Å². The Morgan fingerprint density at radius 1 is 0.909 bits per heavy atom. The Kier molecular flexibility index (Phi) is 10.8. The average molecular weight is 356 g/mol. The van der Waals surface area contributed by atoms with Crippen molar-refractivity contribution in [3.05, 3.63) is 23.8 Å². The van der Waals surface area contributed by atoms with Crippen LogP contribution in [0, 0.1) is 0 Å². The van der Waals surface area contributed by atoms with Gasteiger partial charge in [0.25, 0.3) is 0 Å². The highest BCUT2D eigenvalue weighted by molar-refractivity contribution is 7.80. The predicted molar refractivity (Wildman–Crippen MR) is 92.0 cm³/mol. The lowest BCUT2D eigenvalue weighted by Crippen LogP contribution is -2.06. The summed E-state index contributed by atoms with van der Waals surface area (Å²) in [6, 6.07) is 5.91. The van der Waals surface area contributed by atoms with Gasteiger partial charge in [-0.1, -0.05) is 38.2 Å². The van der Waals surface area contributed by atoms with Gasteiger partial charge in [-0.15, -0.1) is 25.0 Å². The minimum Gasteiger partial charge on any atom is -0.398 e. The number of nitrogens with two attached hydrogens (primary N) is 1. The van der Waals surface area contributed by atoms with Crippen molar-refractivity contribution in [2.24, 2.45) is 0 Å². The molecule has 0 unspecified atom stereocenters. The number of rotatable bonds is 9. The molecule has 22 heavy (non-hydrogen) atoms. The number of hydrogen-bond acceptors (Lipinski definition) is 2. The second-order valence-electron chi connectivity index (χ2n) is 5.48. The summed E-state index contributed by atoms with van der Waals surface area (Å²) in [5, 5.41) is 0. The summed E-state index contributed by atoms with van der Waals surface area (Å²) in [6.07, 6.45) is 2.51. The lowest BCUT2D eigenvalue weighted by Gasteiger charge is -2.06. The third kappa shape index (κ3) is 10.2. The number of halogens is 4. The average Bonchev–Trinajstić information content (AvgIpc) is 2.39. The fourth-order valence-corrected chi connectivity index (χ4v) is 2.44. The molecule has 0 bridgehead atoms. The molecule has 0 aliphatic carbocycles. The van der Waals surface area contributed by atoms with E-state index < -0.39 is 12.6 Å². The van der Waals surface area contributed by atoms with Crippen molar-refractivity contribution < 1.29 is 13.2 Å². The molecule has 6 heteroatoms. The molecule has 0 atom stereocenters. The Balaban J connectivity index is 0.00000441. The molecule has 0 saturated heterocycles. The van der Waals surface area contributed by atoms with E-state index in [1.54, 1.807) is 0 Å². The van der Waals surface area contributed by atoms with E-state index >= 15 is 0 Å². The van der Waals surface area contributed by atoms with E-state index in [9.17, 15) is 13.2 Å². The summed E-state index contributed by atoms with van der Waals surface area (Å²) in [6.45, 7) is 0. The van der Waals surface area contributed by atoms with Gasteiger partial charge in [-0.05, 0) is 37.0 Å². The molecule has 0 radical (unpaired) electrons. The summed E-state index contributed by atoms with van der Waals surface area (Å²) >= 11 is 4.23. The third-order valence-electron chi connectivity index (χ3n) is 3.52. The summed E-state index contributed by atoms with van der Waals surface area (Å²) in [5.74, 6) is 0. The molecule has 0 amide bonds. The number of alkyl halides is 3. The molecular formula is C16H25ClF3NS. The Morgan fingerprint density at radius 2 is 1.45 bits per heavy atom. The van der Waals surface area contributed by atoms with Crippen molar-refractivity contribution in [2.45, 2.75) is 68.9 Å². The standard InChI is InChI=1S/C16H24F3NS.ClH/c17-16(18,19)11-7-5-3-1-2-4-6-8-13-9-10-15(21)14(20)12-13;/h9-10,12,21H,1-8,11,20H2;1H. The Labute approximate surface area is 142 Å². The third-order valence-corrected chi connectivity index (χ3v) is 3.92. The van der Waals surface area contributed by atoms with Gasteiger partial charge in [0.05, 0.1) is 0 Å². The van der Waals surface area contributed by atoms with E-state index in [-0.39, 0.29) is 18.8 Å². The van der Waals surface area contributed by atoms with Crippen LogP contribution in [0.5, 0.6) is 0 Å². The highest BCUT2D eigenvalue weighted by atomic mass is 35.5. The van der Waals surface area contributed by atoms with Crippen molar-refractivity contribution in [3.63, 3.8) is 0 Å². The minimum absolute atomic E-state index is 0. The largest absolute Gasteiger partial charge is 0.398 e. The second-order valence-corrected chi connectivity index (χ2v) is 5.97. The van der Waals surface area contributed by atoms with E-state index in [0.717, 1.165) is 43.4 Å². The first kappa shape index (κ1) is 21.4. The summed E-state index contributed by atoms with van der Waals surface area (Å²) in [7, 11) is 0. The van der Waals surface area contributed by atoms with Crippen molar-refractivity contribution in [2.75, 3.05) is 5.73 Å². The number of aryl methyl sites for hydroxylation is 1. The highest BCUT2D eigenvalue weighted by Crippen LogP contribution is 2.23. The molecule has 0 spiro atoms. The normalized spacial score (nSPS) is 11.3. The predicted octanol–water partition coefficient (Wildman–Crippen LogP) is 6.20. The molecule has 1 rings (SSSR count). The summed E-state index contributed by atoms with van der Waals surface area (Å²) in [4.78, 5) is 0.803. The molecule has 2 N–H and O–H groups in total. The van der Waals surface area contributed by atoms with Crippen LogP contribution in [0.3, 0.4) is 0 Å². The van der Waals surface area contributed by atoms with Gasteiger partial charge >= 0.3 is 6.18 Å². The van der Waals surface area contributed by atoms with Gasteiger partial charge in [0.2, 0.25) is 0 Å². The van der Waals surface area contributed by atoms with Crippen LogP contribution in [-0.4, -0.2) is 6.18 Å². The van der Waals surface area contributed by atoms with Crippen LogP contribution in [-0.2, 0) is 6.42 Å². The first-order chi connectivity index (χ1) is 9.88. The minimum atomic E-state index is -4.00. The van der Waals surface area contributed by atoms with E-state index in [0.29, 0.717) is 12.1 Å². The van der Waals surface area contributed by atoms with Crippen molar-refractivity contribution in [1.29, 1.82) is 0 Å². The zero-order valence-electron chi connectivity index (χ0n) is 12.7. The molecule has 0 heterocycles. The van der Waals surface area contributed by atoms with Crippen LogP contribution in [0.4, 0.5) is 18.9 Å². The zero-order chi connectivity index (χ0) is 15.7. The van der Waals surface area contributed by atoms with Gasteiger partial charge < -0.3 is 5.73 Å². The number of thiol groups is 1. The van der Waals surface area contributed by atoms with Crippen LogP contribution in [0.15, 0.2) is 23.1 Å². The van der Waals surface area contributed by atoms with Crippen LogP contribution in [0.1, 0.15) is 56.9 Å². The number of anilines is 1. The monoisotopic (exact) mass is 355 g/mol. The molecule has 0 saturated carbocycles. The number of hydrogen-bond donors (Lipinski definition) is 2. The molecular weight excluding hydrogens is 331 g/mol. The van der Waals surface area contributed by atoms with E-state index in [2.05, 4.69) is 12.6 Å². The van der Waals surface area contributed by atoms with Gasteiger partial charge in [0.1, 0.15) is 0 Å². The topological polar surface area (TPSA) is 26.0 Å². The van der Waals surface area contributed by atoms with Crippen molar-refractivity contribution in [3.8, 4) is 0 Å². The summed E-state index contributed by atoms with van der Waals surface area (Å²) < 4.78 is 35.8. The maximum absolute atomic E-state index is 11.9. The molecule has 128 valence electrons. The smallest absolute Gasteiger partial charge is 0.389 e. The van der Waals surface area contributed by atoms with E-state index in [1.165, 1.54) is 5.56 Å². The van der Waals surface area contributed by atoms with Crippen LogP contribution in [0.2, 0.25) is 0 Å². The second kappa shape index (κ2) is 11.1. The first-order valence-electron chi connectivity index (χ1n) is 7.52. The lowest BCUT2D eigenvalue weighted by atomic mass is 10.0. The summed E-state index contributed by atoms with van der Waals surface area (Å²) in [5.41, 5.74) is 7.72. The fraction of sp³-hybridized carbons (Fsp3) is 0.625. The van der Waals surface area contributed by atoms with Crippen LogP contribution in [0.25, 0.3) is 0 Å². The maximum atomic E-state index is 11.9. The lowest BCUT2D eigenvalue weighted by molar-refractivity contribution is -0.135. The van der Waals surface area contributed by atoms with Gasteiger partial charge in [0.15, 0.2) is 0 Å². The van der Waals surface area contributed by atoms with E-state index in [4.69, 9.17) is 5.73 Å². The molecule has 0 aromatic heterocycles. The molecule has 0 aliphatic heterocycles. The first-order valence-corrected chi connectivity index (χ1v) is 7.97. The van der Waals surface area contributed by atoms with Crippen LogP contribution < -0.4 is 5.73 Å². The van der Waals surface area contributed by atoms with Gasteiger partial charge in [-0.2, -0.15) is 13.2 Å². The quantitative estimate of drug-likeness (QED) is 0.307. The number of unbranched alkanes of at least 4 members (excludes halogenated alkanes) is 6. The molecule has 1 nitrogen and oxygen atoms in total. The molecule has 1 aromatic carbocycles. The Morgan fingerprint density at radius 3 is 2.00 bits per heavy atom. The Bertz CT molecular complexity index is 424. The van der Waals surface area contributed by atoms with Crippen molar-refractivity contribution >= 4 is 30.7 Å². The molecule has 1 aromatic rings. The van der Waals surface area contributed by atoms with E-state index in [1.807, 2.05) is 18.2 Å². The maximum Gasteiger partial charge on any atom is 0.389 e. The SMILES string of the molecule is Cl.Nc1cc(CCCCCCCCCC(F)(F)F)ccc1S. The number of benzene rings is 1. The zero-order valence-corrected chi connectivity index (χ0v) is 14.4. The van der Waals surface area contributed by atoms with Gasteiger partial charge in [-0.3, -0.25) is 0 Å². The Hall–Kier alpha value is -0.550. The van der Waals surface area contributed by atoms with Crippen molar-refractivity contribution in [1.82, 2.24) is 0 Å².